The average Bonchev–Trinajstić information content (AvgIpc) is 2.74. The van der Waals surface area contributed by atoms with E-state index in [2.05, 4.69) is 31.2 Å². The van der Waals surface area contributed by atoms with Gasteiger partial charge < -0.3 is 10.1 Å². The van der Waals surface area contributed by atoms with E-state index in [1.807, 2.05) is 0 Å². The van der Waals surface area contributed by atoms with E-state index in [9.17, 15) is 0 Å². The monoisotopic (exact) mass is 271 g/mol. The zero-order valence-corrected chi connectivity index (χ0v) is 10.2. The van der Waals surface area contributed by atoms with Crippen molar-refractivity contribution in [2.24, 2.45) is 0 Å². The molecule has 2 rings (SSSR count). The summed E-state index contributed by atoms with van der Waals surface area (Å²) in [6, 6.07) is 0. The Bertz CT molecular complexity index is 339. The molecule has 1 fully saturated rings. The van der Waals surface area contributed by atoms with Crippen LogP contribution in [0.4, 0.5) is 5.95 Å². The molecule has 4 nitrogen and oxygen atoms in total. The van der Waals surface area contributed by atoms with Gasteiger partial charge >= 0.3 is 0 Å². The Morgan fingerprint density at radius 3 is 2.87 bits per heavy atom. The van der Waals surface area contributed by atoms with Gasteiger partial charge in [0.05, 0.1) is 10.7 Å². The first-order valence-electron chi connectivity index (χ1n) is 5.16. The van der Waals surface area contributed by atoms with Gasteiger partial charge in [-0.2, -0.15) is 4.98 Å². The quantitative estimate of drug-likeness (QED) is 0.918. The van der Waals surface area contributed by atoms with Gasteiger partial charge in [-0.1, -0.05) is 0 Å². The van der Waals surface area contributed by atoms with Crippen LogP contribution in [0.2, 0.25) is 0 Å². The molecule has 0 amide bonds. The number of aromatic nitrogens is 2. The fourth-order valence-electron chi connectivity index (χ4n) is 1.72. The van der Waals surface area contributed by atoms with E-state index in [4.69, 9.17) is 4.74 Å². The Kier molecular flexibility index (Phi) is 3.41. The third-order valence-corrected chi connectivity index (χ3v) is 3.06. The van der Waals surface area contributed by atoms with E-state index in [1.54, 1.807) is 13.2 Å². The van der Waals surface area contributed by atoms with Crippen molar-refractivity contribution in [2.45, 2.75) is 31.8 Å². The molecule has 0 aromatic carbocycles. The normalized spacial score (nSPS) is 16.7. The average molecular weight is 272 g/mol. The Labute approximate surface area is 97.6 Å². The van der Waals surface area contributed by atoms with Gasteiger partial charge in [0.1, 0.15) is 6.10 Å². The first-order valence-corrected chi connectivity index (χ1v) is 5.96. The van der Waals surface area contributed by atoms with E-state index < -0.39 is 0 Å². The van der Waals surface area contributed by atoms with Gasteiger partial charge in [-0.05, 0) is 41.6 Å². The highest BCUT2D eigenvalue weighted by Gasteiger charge is 2.18. The third-order valence-electron chi connectivity index (χ3n) is 2.52. The summed E-state index contributed by atoms with van der Waals surface area (Å²) in [7, 11) is 1.79. The summed E-state index contributed by atoms with van der Waals surface area (Å²) in [4.78, 5) is 8.35. The second-order valence-corrected chi connectivity index (χ2v) is 4.48. The maximum Gasteiger partial charge on any atom is 0.233 e. The minimum Gasteiger partial charge on any atom is -0.473 e. The highest BCUT2D eigenvalue weighted by Crippen LogP contribution is 2.28. The van der Waals surface area contributed by atoms with Crippen molar-refractivity contribution in [3.05, 3.63) is 10.7 Å². The molecule has 15 heavy (non-hydrogen) atoms. The summed E-state index contributed by atoms with van der Waals surface area (Å²) in [6.45, 7) is 0. The lowest BCUT2D eigenvalue weighted by Crippen LogP contribution is -2.13. The van der Waals surface area contributed by atoms with Crippen LogP contribution < -0.4 is 10.1 Å². The van der Waals surface area contributed by atoms with Gasteiger partial charge in [0.15, 0.2) is 0 Å². The van der Waals surface area contributed by atoms with Gasteiger partial charge in [0, 0.05) is 7.05 Å². The Balaban J connectivity index is 2.11. The molecular formula is C10H14BrN3O. The molecule has 1 N–H and O–H groups in total. The molecule has 1 aromatic rings. The van der Waals surface area contributed by atoms with Crippen molar-refractivity contribution in [3.8, 4) is 5.88 Å². The number of hydrogen-bond acceptors (Lipinski definition) is 4. The maximum atomic E-state index is 5.81. The Morgan fingerprint density at radius 2 is 2.20 bits per heavy atom. The van der Waals surface area contributed by atoms with E-state index >= 15 is 0 Å². The van der Waals surface area contributed by atoms with Gasteiger partial charge in [0.25, 0.3) is 0 Å². The van der Waals surface area contributed by atoms with Crippen LogP contribution in [-0.2, 0) is 0 Å². The lowest BCUT2D eigenvalue weighted by Gasteiger charge is -2.13. The van der Waals surface area contributed by atoms with Crippen LogP contribution >= 0.6 is 15.9 Å². The number of rotatable bonds is 3. The summed E-state index contributed by atoms with van der Waals surface area (Å²) in [6.07, 6.45) is 6.80. The molecular weight excluding hydrogens is 258 g/mol. The van der Waals surface area contributed by atoms with Crippen LogP contribution in [0.15, 0.2) is 10.7 Å². The zero-order valence-electron chi connectivity index (χ0n) is 8.66. The van der Waals surface area contributed by atoms with Gasteiger partial charge in [-0.15, -0.1) is 0 Å². The fourth-order valence-corrected chi connectivity index (χ4v) is 2.00. The van der Waals surface area contributed by atoms with Crippen LogP contribution in [0.5, 0.6) is 5.88 Å². The van der Waals surface area contributed by atoms with Gasteiger partial charge in [-0.25, -0.2) is 4.98 Å². The Morgan fingerprint density at radius 1 is 1.47 bits per heavy atom. The molecule has 1 heterocycles. The third kappa shape index (κ3) is 2.59. The number of ether oxygens (including phenoxy) is 1. The predicted octanol–water partition coefficient (Wildman–Crippen LogP) is 2.60. The molecule has 1 aliphatic rings. The van der Waals surface area contributed by atoms with Crippen molar-refractivity contribution in [1.82, 2.24) is 9.97 Å². The molecule has 0 unspecified atom stereocenters. The molecule has 1 aliphatic carbocycles. The lowest BCUT2D eigenvalue weighted by atomic mass is 10.3. The number of nitrogens with zero attached hydrogens (tertiary/aromatic N) is 2. The van der Waals surface area contributed by atoms with Crippen molar-refractivity contribution < 1.29 is 4.74 Å². The highest BCUT2D eigenvalue weighted by atomic mass is 79.9. The lowest BCUT2D eigenvalue weighted by molar-refractivity contribution is 0.200. The molecule has 0 aliphatic heterocycles. The van der Waals surface area contributed by atoms with Crippen LogP contribution in [0.25, 0.3) is 0 Å². The SMILES string of the molecule is CNc1ncc(Br)c(OC2CCCC2)n1. The standard InChI is InChI=1S/C10H14BrN3O/c1-12-10-13-6-8(11)9(14-10)15-7-4-2-3-5-7/h6-7H,2-5H2,1H3,(H,12,13,14). The van der Waals surface area contributed by atoms with Gasteiger partial charge in [-0.3, -0.25) is 0 Å². The number of anilines is 1. The largest absolute Gasteiger partial charge is 0.473 e. The highest BCUT2D eigenvalue weighted by molar-refractivity contribution is 9.10. The van der Waals surface area contributed by atoms with Crippen LogP contribution in [0, 0.1) is 0 Å². The number of nitrogens with one attached hydrogen (secondary N) is 1. The molecule has 1 saturated carbocycles. The summed E-state index contributed by atoms with van der Waals surface area (Å²) in [5, 5.41) is 2.90. The second-order valence-electron chi connectivity index (χ2n) is 3.62. The van der Waals surface area contributed by atoms with E-state index in [1.165, 1.54) is 12.8 Å². The van der Waals surface area contributed by atoms with Crippen molar-refractivity contribution in [3.63, 3.8) is 0 Å². The van der Waals surface area contributed by atoms with E-state index in [0.717, 1.165) is 17.3 Å². The van der Waals surface area contributed by atoms with Gasteiger partial charge in [0.2, 0.25) is 11.8 Å². The van der Waals surface area contributed by atoms with E-state index in [0.29, 0.717) is 17.9 Å². The fraction of sp³-hybridized carbons (Fsp3) is 0.600. The molecule has 0 saturated heterocycles. The summed E-state index contributed by atoms with van der Waals surface area (Å²) < 4.78 is 6.62. The smallest absolute Gasteiger partial charge is 0.233 e. The summed E-state index contributed by atoms with van der Waals surface area (Å²) >= 11 is 3.39. The maximum absolute atomic E-state index is 5.81. The molecule has 1 aromatic heterocycles. The van der Waals surface area contributed by atoms with E-state index in [-0.39, 0.29) is 0 Å². The summed E-state index contributed by atoms with van der Waals surface area (Å²) in [5.41, 5.74) is 0. The predicted molar refractivity (Wildman–Crippen MR) is 62.2 cm³/mol. The summed E-state index contributed by atoms with van der Waals surface area (Å²) in [5.74, 6) is 1.23. The number of halogens is 1. The first-order chi connectivity index (χ1) is 7.29. The van der Waals surface area contributed by atoms with Crippen LogP contribution in [0.3, 0.4) is 0 Å². The molecule has 0 bridgehead atoms. The van der Waals surface area contributed by atoms with Crippen molar-refractivity contribution in [2.75, 3.05) is 12.4 Å². The van der Waals surface area contributed by atoms with Crippen LogP contribution in [0.1, 0.15) is 25.7 Å². The molecule has 0 radical (unpaired) electrons. The van der Waals surface area contributed by atoms with Crippen molar-refractivity contribution in [1.29, 1.82) is 0 Å². The Hall–Kier alpha value is -0.840. The van der Waals surface area contributed by atoms with Crippen molar-refractivity contribution >= 4 is 21.9 Å². The molecule has 0 spiro atoms. The minimum absolute atomic E-state index is 0.320. The first kappa shape index (κ1) is 10.7. The second kappa shape index (κ2) is 4.79. The molecule has 5 heteroatoms. The minimum atomic E-state index is 0.320. The number of hydrogen-bond donors (Lipinski definition) is 1. The molecule has 0 atom stereocenters. The molecule has 82 valence electrons. The topological polar surface area (TPSA) is 47.0 Å². The van der Waals surface area contributed by atoms with Crippen LogP contribution in [-0.4, -0.2) is 23.1 Å². The zero-order chi connectivity index (χ0) is 10.7.